The van der Waals surface area contributed by atoms with Crippen molar-refractivity contribution in [3.63, 3.8) is 0 Å². The van der Waals surface area contributed by atoms with Crippen LogP contribution in [0.2, 0.25) is 0 Å². The third-order valence-electron chi connectivity index (χ3n) is 7.53. The van der Waals surface area contributed by atoms with Crippen LogP contribution in [0.4, 0.5) is 0 Å². The monoisotopic (exact) mass is 523 g/mol. The summed E-state index contributed by atoms with van der Waals surface area (Å²) in [6.07, 6.45) is 1.40. The second kappa shape index (κ2) is 11.9. The largest absolute Gasteiger partial charge is 0.488 e. The van der Waals surface area contributed by atoms with E-state index >= 15 is 0 Å². The highest BCUT2D eigenvalue weighted by Crippen LogP contribution is 2.36. The van der Waals surface area contributed by atoms with Gasteiger partial charge in [-0.15, -0.1) is 0 Å². The quantitative estimate of drug-likeness (QED) is 0.527. The van der Waals surface area contributed by atoms with Gasteiger partial charge in [-0.25, -0.2) is 0 Å². The van der Waals surface area contributed by atoms with Crippen LogP contribution >= 0.6 is 11.8 Å². The Balaban J connectivity index is 1.21. The number of carboxylic acids is 1. The van der Waals surface area contributed by atoms with Crippen LogP contribution in [0, 0.1) is 19.8 Å². The Morgan fingerprint density at radius 3 is 2.62 bits per heavy atom. The van der Waals surface area contributed by atoms with Gasteiger partial charge in [-0.1, -0.05) is 41.6 Å². The highest BCUT2D eigenvalue weighted by atomic mass is 32.2. The summed E-state index contributed by atoms with van der Waals surface area (Å²) in [4.78, 5) is 16.1. The molecule has 37 heavy (non-hydrogen) atoms. The first kappa shape index (κ1) is 26.1. The number of nitrogens with one attached hydrogen (secondary N) is 1. The summed E-state index contributed by atoms with van der Waals surface area (Å²) in [6, 6.07) is 13.0. The molecular weight excluding hydrogens is 486 g/mol. The molecule has 0 radical (unpaired) electrons. The smallest absolute Gasteiger partial charge is 0.306 e. The van der Waals surface area contributed by atoms with Crippen molar-refractivity contribution in [1.82, 2.24) is 15.1 Å². The molecule has 2 aromatic rings. The van der Waals surface area contributed by atoms with Gasteiger partial charge in [-0.2, -0.15) is 0 Å². The van der Waals surface area contributed by atoms with Crippen LogP contribution in [0.1, 0.15) is 40.7 Å². The fourth-order valence-corrected chi connectivity index (χ4v) is 6.24. The topological polar surface area (TPSA) is 74.3 Å². The lowest BCUT2D eigenvalue weighted by atomic mass is 9.97. The van der Waals surface area contributed by atoms with Gasteiger partial charge in [-0.3, -0.25) is 14.6 Å². The molecule has 1 unspecified atom stereocenters. The molecule has 5 rings (SSSR count). The number of ether oxygens (including phenoxy) is 2. The summed E-state index contributed by atoms with van der Waals surface area (Å²) in [6.45, 7) is 10.9. The molecule has 2 aromatic carbocycles. The first-order valence-electron chi connectivity index (χ1n) is 13.2. The first-order chi connectivity index (χ1) is 18.0. The predicted octanol–water partition coefficient (Wildman–Crippen LogP) is 4.43. The van der Waals surface area contributed by atoms with Crippen molar-refractivity contribution in [3.05, 3.63) is 69.6 Å². The van der Waals surface area contributed by atoms with Crippen LogP contribution in [0.3, 0.4) is 0 Å². The average molecular weight is 524 g/mol. The van der Waals surface area contributed by atoms with Crippen LogP contribution in [-0.2, 0) is 22.7 Å². The average Bonchev–Trinajstić information content (AvgIpc) is 3.40. The second-order valence-corrected chi connectivity index (χ2v) is 11.2. The van der Waals surface area contributed by atoms with Crippen LogP contribution in [0.15, 0.2) is 41.8 Å². The van der Waals surface area contributed by atoms with E-state index in [1.54, 1.807) is 11.8 Å². The number of nitrogens with zero attached hydrogens (tertiary/aromatic N) is 2. The van der Waals surface area contributed by atoms with Crippen LogP contribution in [0.5, 0.6) is 5.75 Å². The number of hydrogen-bond donors (Lipinski definition) is 2. The van der Waals surface area contributed by atoms with E-state index in [-0.39, 0.29) is 11.4 Å². The summed E-state index contributed by atoms with van der Waals surface area (Å²) in [5.74, 6) is -0.0234. The number of aryl methyl sites for hydroxylation is 2. The van der Waals surface area contributed by atoms with Crippen molar-refractivity contribution >= 4 is 23.4 Å². The van der Waals surface area contributed by atoms with Gasteiger partial charge in [0.2, 0.25) is 0 Å². The number of hydrogen-bond acceptors (Lipinski definition) is 7. The van der Waals surface area contributed by atoms with Gasteiger partial charge in [0.15, 0.2) is 0 Å². The highest BCUT2D eigenvalue weighted by molar-refractivity contribution is 8.03. The van der Waals surface area contributed by atoms with Gasteiger partial charge in [0.05, 0.1) is 24.8 Å². The normalized spacial score (nSPS) is 21.5. The number of carbonyl (C=O) groups is 1. The van der Waals surface area contributed by atoms with Crippen molar-refractivity contribution in [1.29, 1.82) is 0 Å². The highest BCUT2D eigenvalue weighted by Gasteiger charge is 2.31. The SMILES string of the molecule is Cc1ccc(OCc2ccc(CN3CCOCC3)cc2C)c(C2=CSC(N3CCC(C(=O)O)CC3)N2)c1. The maximum absolute atomic E-state index is 11.3. The van der Waals surface area contributed by atoms with E-state index in [1.807, 2.05) is 0 Å². The molecule has 1 atom stereocenters. The molecule has 2 saturated heterocycles. The third-order valence-corrected chi connectivity index (χ3v) is 8.58. The van der Waals surface area contributed by atoms with Gasteiger partial charge in [0.25, 0.3) is 0 Å². The van der Waals surface area contributed by atoms with E-state index in [0.717, 1.165) is 62.9 Å². The summed E-state index contributed by atoms with van der Waals surface area (Å²) < 4.78 is 11.9. The molecule has 3 heterocycles. The van der Waals surface area contributed by atoms with E-state index in [1.165, 1.54) is 22.3 Å². The van der Waals surface area contributed by atoms with Crippen molar-refractivity contribution in [2.75, 3.05) is 39.4 Å². The van der Waals surface area contributed by atoms with Crippen molar-refractivity contribution < 1.29 is 19.4 Å². The van der Waals surface area contributed by atoms with Crippen molar-refractivity contribution in [2.45, 2.75) is 45.3 Å². The number of aliphatic carboxylic acids is 1. The van der Waals surface area contributed by atoms with Gasteiger partial charge in [0.1, 0.15) is 17.9 Å². The Bertz CT molecular complexity index is 1140. The van der Waals surface area contributed by atoms with Gasteiger partial charge in [0, 0.05) is 38.3 Å². The molecule has 2 fully saturated rings. The number of morpholine rings is 1. The van der Waals surface area contributed by atoms with Gasteiger partial charge in [-0.05, 0) is 60.9 Å². The Hall–Kier alpha value is -2.52. The van der Waals surface area contributed by atoms with E-state index in [9.17, 15) is 9.90 Å². The Labute approximate surface area is 223 Å². The van der Waals surface area contributed by atoms with Crippen molar-refractivity contribution in [2.24, 2.45) is 5.92 Å². The standard InChI is InChI=1S/C29H37N3O4S/c1-20-3-6-27(36-18-24-5-4-22(16-21(24)2)17-31-11-13-35-14-12-31)25(15-20)26-19-37-29(30-26)32-9-7-23(8-10-32)28(33)34/h3-6,15-16,19,23,29-30H,7-14,17-18H2,1-2H3,(H,33,34). The molecule has 0 spiro atoms. The van der Waals surface area contributed by atoms with E-state index in [4.69, 9.17) is 9.47 Å². The zero-order valence-electron chi connectivity index (χ0n) is 21.7. The molecule has 7 nitrogen and oxygen atoms in total. The lowest BCUT2D eigenvalue weighted by molar-refractivity contribution is -0.143. The number of piperidine rings is 1. The molecule has 0 aliphatic carbocycles. The molecule has 3 aliphatic rings. The zero-order valence-corrected chi connectivity index (χ0v) is 22.6. The summed E-state index contributed by atoms with van der Waals surface area (Å²) in [5, 5.41) is 15.1. The summed E-state index contributed by atoms with van der Waals surface area (Å²) in [5.41, 5.74) is 7.21. The van der Waals surface area contributed by atoms with Gasteiger partial charge < -0.3 is 19.9 Å². The minimum atomic E-state index is -0.672. The number of benzene rings is 2. The summed E-state index contributed by atoms with van der Waals surface area (Å²) >= 11 is 1.75. The van der Waals surface area contributed by atoms with Crippen molar-refractivity contribution in [3.8, 4) is 5.75 Å². The maximum atomic E-state index is 11.3. The molecule has 3 aliphatic heterocycles. The predicted molar refractivity (Wildman–Crippen MR) is 147 cm³/mol. The lowest BCUT2D eigenvalue weighted by Crippen LogP contribution is -2.45. The van der Waals surface area contributed by atoms with Crippen LogP contribution in [0.25, 0.3) is 5.70 Å². The molecule has 8 heteroatoms. The van der Waals surface area contributed by atoms with E-state index < -0.39 is 5.97 Å². The lowest BCUT2D eigenvalue weighted by Gasteiger charge is -2.34. The molecule has 0 amide bonds. The fourth-order valence-electron chi connectivity index (χ4n) is 5.20. The Kier molecular flexibility index (Phi) is 8.39. The molecule has 198 valence electrons. The number of thioether (sulfide) groups is 1. The number of rotatable bonds is 8. The minimum Gasteiger partial charge on any atom is -0.488 e. The van der Waals surface area contributed by atoms with Gasteiger partial charge >= 0.3 is 5.97 Å². The Morgan fingerprint density at radius 1 is 1.11 bits per heavy atom. The van der Waals surface area contributed by atoms with Crippen LogP contribution < -0.4 is 10.1 Å². The second-order valence-electron chi connectivity index (χ2n) is 10.3. The molecule has 2 N–H and O–H groups in total. The molecule has 0 aromatic heterocycles. The zero-order chi connectivity index (χ0) is 25.8. The summed E-state index contributed by atoms with van der Waals surface area (Å²) in [7, 11) is 0. The molecule has 0 bridgehead atoms. The maximum Gasteiger partial charge on any atom is 0.306 e. The minimum absolute atomic E-state index is 0.124. The Morgan fingerprint density at radius 2 is 1.89 bits per heavy atom. The third kappa shape index (κ3) is 6.49. The fraction of sp³-hybridized carbons (Fsp3) is 0.483. The van der Waals surface area contributed by atoms with Crippen LogP contribution in [-0.4, -0.2) is 65.8 Å². The number of carboxylic acid groups (broad SMARTS) is 1. The first-order valence-corrected chi connectivity index (χ1v) is 14.1. The molecular formula is C29H37N3O4S. The van der Waals surface area contributed by atoms with E-state index in [0.29, 0.717) is 19.4 Å². The number of likely N-dealkylation sites (tertiary alicyclic amines) is 1. The molecule has 0 saturated carbocycles. The van der Waals surface area contributed by atoms with E-state index in [2.05, 4.69) is 70.8 Å².